The van der Waals surface area contributed by atoms with Crippen LogP contribution in [0, 0.1) is 0 Å². The van der Waals surface area contributed by atoms with Crippen LogP contribution < -0.4 is 4.74 Å². The number of carbonyl (C=O) groups is 1. The molecule has 5 heteroatoms. The maximum Gasteiger partial charge on any atom is 0.304 e. The summed E-state index contributed by atoms with van der Waals surface area (Å²) in [6, 6.07) is 6.23. The molecule has 0 amide bonds. The van der Waals surface area contributed by atoms with Crippen molar-refractivity contribution in [3.63, 3.8) is 0 Å². The van der Waals surface area contributed by atoms with Gasteiger partial charge in [-0.3, -0.25) is 9.69 Å². The van der Waals surface area contributed by atoms with E-state index in [1.165, 1.54) is 0 Å². The van der Waals surface area contributed by atoms with E-state index in [1.54, 1.807) is 7.11 Å². The third-order valence-corrected chi connectivity index (χ3v) is 3.57. The first-order valence-electron chi connectivity index (χ1n) is 6.38. The van der Waals surface area contributed by atoms with Gasteiger partial charge in [-0.1, -0.05) is 17.7 Å². The van der Waals surface area contributed by atoms with Crippen LogP contribution in [0.4, 0.5) is 0 Å². The van der Waals surface area contributed by atoms with Crippen LogP contribution in [-0.4, -0.2) is 35.7 Å². The second kappa shape index (κ2) is 6.26. The summed E-state index contributed by atoms with van der Waals surface area (Å²) in [5, 5.41) is 9.37. The van der Waals surface area contributed by atoms with Crippen LogP contribution in [0.25, 0.3) is 0 Å². The molecule has 0 aliphatic heterocycles. The van der Waals surface area contributed by atoms with E-state index >= 15 is 0 Å². The molecule has 0 radical (unpaired) electrons. The number of carboxylic acids is 1. The molecule has 2 rings (SSSR count). The zero-order valence-electron chi connectivity index (χ0n) is 10.9. The SMILES string of the molecule is COc1ccc(CN(CCC(=O)O)C2CC2)cc1Cl. The predicted octanol–water partition coefficient (Wildman–Crippen LogP) is 2.79. The van der Waals surface area contributed by atoms with Gasteiger partial charge in [0.2, 0.25) is 0 Å². The molecule has 19 heavy (non-hydrogen) atoms. The lowest BCUT2D eigenvalue weighted by molar-refractivity contribution is -0.137. The molecule has 0 heterocycles. The molecule has 1 fully saturated rings. The minimum Gasteiger partial charge on any atom is -0.495 e. The first-order valence-corrected chi connectivity index (χ1v) is 6.76. The Balaban J connectivity index is 2.00. The van der Waals surface area contributed by atoms with Crippen molar-refractivity contribution >= 4 is 17.6 Å². The molecule has 1 aromatic carbocycles. The number of carboxylic acid groups (broad SMARTS) is 1. The fraction of sp³-hybridized carbons (Fsp3) is 0.500. The van der Waals surface area contributed by atoms with Crippen LogP contribution in [0.3, 0.4) is 0 Å². The smallest absolute Gasteiger partial charge is 0.304 e. The van der Waals surface area contributed by atoms with Crippen LogP contribution in [0.15, 0.2) is 18.2 Å². The zero-order chi connectivity index (χ0) is 13.8. The Morgan fingerprint density at radius 1 is 1.53 bits per heavy atom. The quantitative estimate of drug-likeness (QED) is 0.836. The summed E-state index contributed by atoms with van der Waals surface area (Å²) >= 11 is 6.10. The minimum absolute atomic E-state index is 0.181. The number of hydrogen-bond acceptors (Lipinski definition) is 3. The molecule has 104 valence electrons. The minimum atomic E-state index is -0.751. The molecule has 0 atom stereocenters. The van der Waals surface area contributed by atoms with Crippen molar-refractivity contribution < 1.29 is 14.6 Å². The van der Waals surface area contributed by atoms with Gasteiger partial charge in [-0.15, -0.1) is 0 Å². The number of hydrogen-bond donors (Lipinski definition) is 1. The van der Waals surface area contributed by atoms with Gasteiger partial charge in [0.1, 0.15) is 5.75 Å². The topological polar surface area (TPSA) is 49.8 Å². The molecule has 0 aromatic heterocycles. The molecule has 1 N–H and O–H groups in total. The molecular weight excluding hydrogens is 266 g/mol. The van der Waals surface area contributed by atoms with E-state index in [2.05, 4.69) is 4.90 Å². The molecule has 0 saturated heterocycles. The lowest BCUT2D eigenvalue weighted by atomic mass is 10.2. The normalized spacial score (nSPS) is 14.7. The van der Waals surface area contributed by atoms with Crippen LogP contribution in [-0.2, 0) is 11.3 Å². The summed E-state index contributed by atoms with van der Waals surface area (Å²) in [5.74, 6) is -0.0904. The molecule has 0 bridgehead atoms. The summed E-state index contributed by atoms with van der Waals surface area (Å²) in [4.78, 5) is 12.9. The highest BCUT2D eigenvalue weighted by Gasteiger charge is 2.29. The molecule has 1 aromatic rings. The van der Waals surface area contributed by atoms with Crippen molar-refractivity contribution in [2.45, 2.75) is 31.8 Å². The van der Waals surface area contributed by atoms with E-state index < -0.39 is 5.97 Å². The number of methoxy groups -OCH3 is 1. The van der Waals surface area contributed by atoms with Crippen molar-refractivity contribution in [3.8, 4) is 5.75 Å². The lowest BCUT2D eigenvalue weighted by Gasteiger charge is -2.21. The Bertz CT molecular complexity index is 460. The third-order valence-electron chi connectivity index (χ3n) is 3.28. The summed E-state index contributed by atoms with van der Waals surface area (Å²) in [7, 11) is 1.59. The van der Waals surface area contributed by atoms with Crippen LogP contribution in [0.2, 0.25) is 5.02 Å². The standard InChI is InChI=1S/C14H18ClNO3/c1-19-13-5-2-10(8-12(13)15)9-16(11-3-4-11)7-6-14(17)18/h2,5,8,11H,3-4,6-7,9H2,1H3,(H,17,18). The number of halogens is 1. The van der Waals surface area contributed by atoms with Crippen LogP contribution >= 0.6 is 11.6 Å². The third kappa shape index (κ3) is 4.11. The summed E-state index contributed by atoms with van der Waals surface area (Å²) in [5.41, 5.74) is 1.09. The highest BCUT2D eigenvalue weighted by molar-refractivity contribution is 6.32. The van der Waals surface area contributed by atoms with E-state index in [9.17, 15) is 4.79 Å². The van der Waals surface area contributed by atoms with Crippen molar-refractivity contribution in [2.75, 3.05) is 13.7 Å². The number of ether oxygens (including phenoxy) is 1. The number of rotatable bonds is 7. The van der Waals surface area contributed by atoms with E-state index in [0.717, 1.165) is 24.9 Å². The molecule has 0 unspecified atom stereocenters. The number of aliphatic carboxylic acids is 1. The van der Waals surface area contributed by atoms with Gasteiger partial charge in [-0.2, -0.15) is 0 Å². The first-order chi connectivity index (χ1) is 9.10. The lowest BCUT2D eigenvalue weighted by Crippen LogP contribution is -2.28. The van der Waals surface area contributed by atoms with Gasteiger partial charge >= 0.3 is 5.97 Å². The van der Waals surface area contributed by atoms with Crippen LogP contribution in [0.5, 0.6) is 5.75 Å². The molecular formula is C14H18ClNO3. The Kier molecular flexibility index (Phi) is 4.66. The van der Waals surface area contributed by atoms with Crippen LogP contribution in [0.1, 0.15) is 24.8 Å². The summed E-state index contributed by atoms with van der Waals surface area (Å²) in [6.07, 6.45) is 2.49. The fourth-order valence-corrected chi connectivity index (χ4v) is 2.39. The molecule has 1 aliphatic carbocycles. The Morgan fingerprint density at radius 3 is 2.79 bits per heavy atom. The van der Waals surface area contributed by atoms with Gasteiger partial charge < -0.3 is 9.84 Å². The maximum absolute atomic E-state index is 10.7. The van der Waals surface area contributed by atoms with Gasteiger partial charge in [0.15, 0.2) is 0 Å². The molecule has 1 saturated carbocycles. The second-order valence-corrected chi connectivity index (χ2v) is 5.22. The van der Waals surface area contributed by atoms with E-state index in [0.29, 0.717) is 23.4 Å². The first kappa shape index (κ1) is 14.2. The van der Waals surface area contributed by atoms with Crippen molar-refractivity contribution in [3.05, 3.63) is 28.8 Å². The van der Waals surface area contributed by atoms with Gasteiger partial charge in [0.05, 0.1) is 18.6 Å². The van der Waals surface area contributed by atoms with Crippen molar-refractivity contribution in [1.82, 2.24) is 4.90 Å². The van der Waals surface area contributed by atoms with E-state index in [1.807, 2.05) is 18.2 Å². The average Bonchev–Trinajstić information content (AvgIpc) is 3.18. The largest absolute Gasteiger partial charge is 0.495 e. The van der Waals surface area contributed by atoms with Gasteiger partial charge in [-0.05, 0) is 30.5 Å². The van der Waals surface area contributed by atoms with Gasteiger partial charge in [0.25, 0.3) is 0 Å². The number of benzene rings is 1. The fourth-order valence-electron chi connectivity index (χ4n) is 2.11. The Labute approximate surface area is 117 Å². The predicted molar refractivity (Wildman–Crippen MR) is 73.7 cm³/mol. The molecule has 4 nitrogen and oxygen atoms in total. The highest BCUT2D eigenvalue weighted by atomic mass is 35.5. The summed E-state index contributed by atoms with van der Waals surface area (Å²) in [6.45, 7) is 1.32. The second-order valence-electron chi connectivity index (χ2n) is 4.81. The van der Waals surface area contributed by atoms with Gasteiger partial charge in [-0.25, -0.2) is 0 Å². The summed E-state index contributed by atoms with van der Waals surface area (Å²) < 4.78 is 5.12. The van der Waals surface area contributed by atoms with Crippen molar-refractivity contribution in [1.29, 1.82) is 0 Å². The zero-order valence-corrected chi connectivity index (χ0v) is 11.7. The molecule has 1 aliphatic rings. The number of nitrogens with zero attached hydrogens (tertiary/aromatic N) is 1. The monoisotopic (exact) mass is 283 g/mol. The van der Waals surface area contributed by atoms with E-state index in [-0.39, 0.29) is 6.42 Å². The van der Waals surface area contributed by atoms with E-state index in [4.69, 9.17) is 21.4 Å². The molecule has 0 spiro atoms. The van der Waals surface area contributed by atoms with Crippen molar-refractivity contribution in [2.24, 2.45) is 0 Å². The maximum atomic E-state index is 10.7. The Morgan fingerprint density at radius 2 is 2.26 bits per heavy atom. The van der Waals surface area contributed by atoms with Gasteiger partial charge in [0, 0.05) is 19.1 Å². The average molecular weight is 284 g/mol. The highest BCUT2D eigenvalue weighted by Crippen LogP contribution is 2.30. The Hall–Kier alpha value is -1.26.